The predicted octanol–water partition coefficient (Wildman–Crippen LogP) is 5.73. The van der Waals surface area contributed by atoms with E-state index in [9.17, 15) is 19.5 Å². The number of aromatic hydroxyl groups is 1. The van der Waals surface area contributed by atoms with E-state index in [0.29, 0.717) is 0 Å². The lowest BCUT2D eigenvalue weighted by atomic mass is 9.96. The first kappa shape index (κ1) is 32.0. The third kappa shape index (κ3) is 8.97. The quantitative estimate of drug-likeness (QED) is 0.323. The van der Waals surface area contributed by atoms with Crippen LogP contribution >= 0.6 is 0 Å². The molecule has 1 fully saturated rings. The van der Waals surface area contributed by atoms with Gasteiger partial charge in [-0.2, -0.15) is 0 Å². The number of ether oxygens (including phenoxy) is 1. The highest BCUT2D eigenvalue weighted by Gasteiger charge is 2.48. The van der Waals surface area contributed by atoms with Crippen molar-refractivity contribution in [2.45, 2.75) is 111 Å². The Bertz CT molecular complexity index is 1220. The first-order valence-corrected chi connectivity index (χ1v) is 14.7. The van der Waals surface area contributed by atoms with Crippen molar-refractivity contribution in [2.24, 2.45) is 5.92 Å². The molecule has 0 radical (unpaired) electrons. The SMILES string of the molecule is CCCC(C)NC(=O)C(c1ccc(C)c(C)c1)N(C(=O)C(Cc1ccc(O)cc1)NC(=O)OC(C)(C)C)C1CC1C. The van der Waals surface area contributed by atoms with Crippen LogP contribution in [0.4, 0.5) is 4.79 Å². The molecule has 1 aliphatic carbocycles. The molecule has 2 aromatic carbocycles. The molecule has 41 heavy (non-hydrogen) atoms. The Hall–Kier alpha value is -3.55. The topological polar surface area (TPSA) is 108 Å². The standard InChI is InChI=1S/C33H47N3O5/c1-9-10-23(5)34-30(38)29(25-14-11-20(2)21(3)17-25)36(28-18-22(28)4)31(39)27(35-32(40)41-33(6,7)8)19-24-12-15-26(37)16-13-24/h11-17,22-23,27-29,37H,9-10,18-19H2,1-8H3,(H,34,38)(H,35,40). The molecule has 8 nitrogen and oxygen atoms in total. The summed E-state index contributed by atoms with van der Waals surface area (Å²) in [5.74, 6) is -0.260. The summed E-state index contributed by atoms with van der Waals surface area (Å²) in [6.45, 7) is 15.4. The van der Waals surface area contributed by atoms with Gasteiger partial charge >= 0.3 is 6.09 Å². The normalized spacial score (nSPS) is 18.5. The van der Waals surface area contributed by atoms with Gasteiger partial charge in [0, 0.05) is 18.5 Å². The summed E-state index contributed by atoms with van der Waals surface area (Å²) in [4.78, 5) is 43.2. The Morgan fingerprint density at radius 2 is 1.68 bits per heavy atom. The van der Waals surface area contributed by atoms with Crippen LogP contribution in [-0.4, -0.2) is 51.6 Å². The van der Waals surface area contributed by atoms with Gasteiger partial charge < -0.3 is 25.4 Å². The minimum Gasteiger partial charge on any atom is -0.508 e. The fourth-order valence-corrected chi connectivity index (χ4v) is 5.07. The van der Waals surface area contributed by atoms with Crippen LogP contribution in [0.15, 0.2) is 42.5 Å². The molecular formula is C33H47N3O5. The van der Waals surface area contributed by atoms with Crippen molar-refractivity contribution in [2.75, 3.05) is 0 Å². The molecule has 0 aliphatic heterocycles. The van der Waals surface area contributed by atoms with Gasteiger partial charge in [-0.15, -0.1) is 0 Å². The Morgan fingerprint density at radius 1 is 1.05 bits per heavy atom. The third-order valence-electron chi connectivity index (χ3n) is 7.53. The third-order valence-corrected chi connectivity index (χ3v) is 7.53. The van der Waals surface area contributed by atoms with Crippen molar-refractivity contribution in [3.63, 3.8) is 0 Å². The number of phenols is 1. The molecule has 5 atom stereocenters. The Kier molecular flexibility index (Phi) is 10.5. The second kappa shape index (κ2) is 13.4. The zero-order valence-corrected chi connectivity index (χ0v) is 25.8. The maximum Gasteiger partial charge on any atom is 0.408 e. The van der Waals surface area contributed by atoms with Crippen molar-refractivity contribution in [3.8, 4) is 5.75 Å². The fraction of sp³-hybridized carbons (Fsp3) is 0.545. The molecule has 8 heteroatoms. The van der Waals surface area contributed by atoms with Crippen LogP contribution in [0, 0.1) is 19.8 Å². The smallest absolute Gasteiger partial charge is 0.408 e. The number of hydrogen-bond acceptors (Lipinski definition) is 5. The molecule has 0 bridgehead atoms. The van der Waals surface area contributed by atoms with Crippen molar-refractivity contribution >= 4 is 17.9 Å². The van der Waals surface area contributed by atoms with Crippen LogP contribution in [0.2, 0.25) is 0 Å². The summed E-state index contributed by atoms with van der Waals surface area (Å²) in [5, 5.41) is 15.7. The second-order valence-electron chi connectivity index (χ2n) is 12.5. The zero-order chi connectivity index (χ0) is 30.5. The van der Waals surface area contributed by atoms with E-state index in [1.165, 1.54) is 0 Å². The van der Waals surface area contributed by atoms with E-state index in [1.54, 1.807) is 49.9 Å². The molecule has 0 aromatic heterocycles. The molecule has 1 saturated carbocycles. The summed E-state index contributed by atoms with van der Waals surface area (Å²) < 4.78 is 5.51. The van der Waals surface area contributed by atoms with Crippen LogP contribution in [0.3, 0.4) is 0 Å². The lowest BCUT2D eigenvalue weighted by Gasteiger charge is -2.36. The largest absolute Gasteiger partial charge is 0.508 e. The molecule has 224 valence electrons. The number of alkyl carbamates (subject to hydrolysis) is 1. The van der Waals surface area contributed by atoms with Crippen LogP contribution in [0.1, 0.15) is 89.1 Å². The number of carbonyl (C=O) groups excluding carboxylic acids is 3. The number of rotatable bonds is 11. The first-order chi connectivity index (χ1) is 19.2. The van der Waals surface area contributed by atoms with E-state index in [0.717, 1.165) is 41.5 Å². The Morgan fingerprint density at radius 3 is 2.22 bits per heavy atom. The van der Waals surface area contributed by atoms with Crippen LogP contribution in [-0.2, 0) is 20.7 Å². The first-order valence-electron chi connectivity index (χ1n) is 14.7. The molecular weight excluding hydrogens is 518 g/mol. The summed E-state index contributed by atoms with van der Waals surface area (Å²) in [7, 11) is 0. The summed E-state index contributed by atoms with van der Waals surface area (Å²) in [5.41, 5.74) is 2.87. The maximum absolute atomic E-state index is 14.6. The van der Waals surface area contributed by atoms with Crippen LogP contribution in [0.5, 0.6) is 5.75 Å². The number of benzene rings is 2. The number of nitrogens with one attached hydrogen (secondary N) is 2. The highest BCUT2D eigenvalue weighted by molar-refractivity contribution is 5.93. The van der Waals surface area contributed by atoms with E-state index in [2.05, 4.69) is 24.5 Å². The zero-order valence-electron chi connectivity index (χ0n) is 25.8. The number of nitrogens with zero attached hydrogens (tertiary/aromatic N) is 1. The number of hydrogen-bond donors (Lipinski definition) is 3. The van der Waals surface area contributed by atoms with E-state index in [-0.39, 0.29) is 42.0 Å². The average molecular weight is 566 g/mol. The summed E-state index contributed by atoms with van der Waals surface area (Å²) in [6, 6.07) is 10.4. The number of phenolic OH excluding ortho intramolecular Hbond substituents is 1. The fourth-order valence-electron chi connectivity index (χ4n) is 5.07. The Balaban J connectivity index is 2.06. The van der Waals surface area contributed by atoms with Crippen molar-refractivity contribution < 1.29 is 24.2 Å². The van der Waals surface area contributed by atoms with Gasteiger partial charge in [0.1, 0.15) is 23.4 Å². The minimum absolute atomic E-state index is 0.0530. The predicted molar refractivity (Wildman–Crippen MR) is 161 cm³/mol. The molecule has 3 amide bonds. The highest BCUT2D eigenvalue weighted by atomic mass is 16.6. The molecule has 0 saturated heterocycles. The highest BCUT2D eigenvalue weighted by Crippen LogP contribution is 2.41. The molecule has 2 aromatic rings. The number of aryl methyl sites for hydroxylation is 2. The maximum atomic E-state index is 14.6. The minimum atomic E-state index is -0.989. The molecule has 3 N–H and O–H groups in total. The van der Waals surface area contributed by atoms with E-state index in [4.69, 9.17) is 4.74 Å². The van der Waals surface area contributed by atoms with Gasteiger partial charge in [0.25, 0.3) is 0 Å². The second-order valence-corrected chi connectivity index (χ2v) is 12.5. The van der Waals surface area contributed by atoms with Crippen molar-refractivity contribution in [3.05, 3.63) is 64.7 Å². The molecule has 5 unspecified atom stereocenters. The average Bonchev–Trinajstić information content (AvgIpc) is 3.59. The van der Waals surface area contributed by atoms with E-state index < -0.39 is 23.8 Å². The summed E-state index contributed by atoms with van der Waals surface area (Å²) >= 11 is 0. The lowest BCUT2D eigenvalue weighted by molar-refractivity contribution is -0.143. The molecule has 1 aliphatic rings. The summed E-state index contributed by atoms with van der Waals surface area (Å²) in [6.07, 6.45) is 1.98. The van der Waals surface area contributed by atoms with Gasteiger partial charge in [-0.3, -0.25) is 9.59 Å². The van der Waals surface area contributed by atoms with Gasteiger partial charge in [-0.25, -0.2) is 4.79 Å². The van der Waals surface area contributed by atoms with Gasteiger partial charge in [0.15, 0.2) is 0 Å². The van der Waals surface area contributed by atoms with Gasteiger partial charge in [0.2, 0.25) is 11.8 Å². The van der Waals surface area contributed by atoms with Crippen molar-refractivity contribution in [1.29, 1.82) is 0 Å². The Labute approximate surface area is 244 Å². The number of amides is 3. The van der Waals surface area contributed by atoms with Crippen LogP contribution < -0.4 is 10.6 Å². The van der Waals surface area contributed by atoms with Crippen LogP contribution in [0.25, 0.3) is 0 Å². The number of carbonyl (C=O) groups is 3. The molecule has 3 rings (SSSR count). The lowest BCUT2D eigenvalue weighted by Crippen LogP contribution is -2.55. The van der Waals surface area contributed by atoms with E-state index in [1.807, 2.05) is 39.0 Å². The molecule has 0 spiro atoms. The van der Waals surface area contributed by atoms with E-state index >= 15 is 0 Å². The molecule has 0 heterocycles. The van der Waals surface area contributed by atoms with Gasteiger partial charge in [-0.05, 0) is 94.7 Å². The van der Waals surface area contributed by atoms with Gasteiger partial charge in [-0.1, -0.05) is 50.6 Å². The monoisotopic (exact) mass is 565 g/mol. The van der Waals surface area contributed by atoms with Crippen molar-refractivity contribution in [1.82, 2.24) is 15.5 Å². The van der Waals surface area contributed by atoms with Gasteiger partial charge in [0.05, 0.1) is 0 Å².